The lowest BCUT2D eigenvalue weighted by Crippen LogP contribution is -2.52. The van der Waals surface area contributed by atoms with Crippen molar-refractivity contribution in [2.75, 3.05) is 19.7 Å². The number of ether oxygens (including phenoxy) is 1. The van der Waals surface area contributed by atoms with E-state index in [1.807, 2.05) is 30.3 Å². The quantitative estimate of drug-likeness (QED) is 0.392. The number of carbonyl (C=O) groups is 2. The number of hydrogen-bond acceptors (Lipinski definition) is 4. The van der Waals surface area contributed by atoms with Crippen LogP contribution in [0.15, 0.2) is 54.6 Å². The van der Waals surface area contributed by atoms with E-state index >= 15 is 0 Å². The normalized spacial score (nSPS) is 19.4. The molecule has 1 aliphatic heterocycles. The van der Waals surface area contributed by atoms with Gasteiger partial charge in [0.05, 0.1) is 36.0 Å². The number of rotatable bonds is 7. The number of nitriles is 1. The molecule has 8 heteroatoms. The Hall–Kier alpha value is -3.34. The van der Waals surface area contributed by atoms with Crippen molar-refractivity contribution in [2.45, 2.75) is 69.4 Å². The Morgan fingerprint density at radius 2 is 1.61 bits per heavy atom. The van der Waals surface area contributed by atoms with Crippen molar-refractivity contribution in [1.29, 1.82) is 5.26 Å². The molecule has 1 atom stereocenters. The van der Waals surface area contributed by atoms with Crippen LogP contribution in [0.5, 0.6) is 0 Å². The molecular weight excluding hydrogens is 493 g/mol. The molecule has 2 fully saturated rings. The zero-order valence-corrected chi connectivity index (χ0v) is 21.6. The van der Waals surface area contributed by atoms with Crippen molar-refractivity contribution in [2.24, 2.45) is 5.41 Å². The maximum absolute atomic E-state index is 14.0. The Labute approximate surface area is 221 Å². The van der Waals surface area contributed by atoms with E-state index in [9.17, 15) is 28.0 Å². The molecule has 1 unspecified atom stereocenters. The first-order chi connectivity index (χ1) is 18.2. The van der Waals surface area contributed by atoms with E-state index in [2.05, 4.69) is 6.07 Å². The van der Waals surface area contributed by atoms with Crippen molar-refractivity contribution in [3.63, 3.8) is 0 Å². The van der Waals surface area contributed by atoms with Crippen LogP contribution in [0.3, 0.4) is 0 Å². The molecule has 0 aromatic heterocycles. The third-order valence-electron chi connectivity index (χ3n) is 8.36. The minimum atomic E-state index is -4.64. The molecule has 2 aromatic rings. The Bertz CT molecular complexity index is 1180. The topological polar surface area (TPSA) is 70.4 Å². The summed E-state index contributed by atoms with van der Waals surface area (Å²) < 4.78 is 46.9. The summed E-state index contributed by atoms with van der Waals surface area (Å²) in [5.74, 6) is -1.71. The fourth-order valence-corrected chi connectivity index (χ4v) is 6.43. The van der Waals surface area contributed by atoms with Crippen molar-refractivity contribution < 1.29 is 27.5 Å². The van der Waals surface area contributed by atoms with Crippen LogP contribution >= 0.6 is 0 Å². The molecule has 2 aliphatic rings. The van der Waals surface area contributed by atoms with Crippen LogP contribution in [0.2, 0.25) is 0 Å². The molecule has 5 nitrogen and oxygen atoms in total. The van der Waals surface area contributed by atoms with E-state index in [0.29, 0.717) is 0 Å². The van der Waals surface area contributed by atoms with Crippen LogP contribution in [0.4, 0.5) is 13.2 Å². The van der Waals surface area contributed by atoms with E-state index in [4.69, 9.17) is 4.74 Å². The van der Waals surface area contributed by atoms with Crippen LogP contribution in [0, 0.1) is 16.7 Å². The molecule has 0 radical (unpaired) electrons. The Balaban J connectivity index is 1.66. The average Bonchev–Trinajstić information content (AvgIpc) is 3.41. The number of carbonyl (C=O) groups excluding carboxylic acids is 2. The smallest absolute Gasteiger partial charge is 0.416 e. The van der Waals surface area contributed by atoms with E-state index in [1.54, 1.807) is 11.8 Å². The van der Waals surface area contributed by atoms with Crippen molar-refractivity contribution in [3.05, 3.63) is 71.3 Å². The molecule has 0 spiro atoms. The summed E-state index contributed by atoms with van der Waals surface area (Å²) in [6, 6.07) is 16.9. The maximum Gasteiger partial charge on any atom is 0.416 e. The van der Waals surface area contributed by atoms with Gasteiger partial charge in [-0.3, -0.25) is 9.59 Å². The highest BCUT2D eigenvalue weighted by Crippen LogP contribution is 2.51. The minimum absolute atomic E-state index is 0.0233. The first kappa shape index (κ1) is 27.7. The molecular formula is C30H33F3N2O3. The Kier molecular flexibility index (Phi) is 8.15. The van der Waals surface area contributed by atoms with Gasteiger partial charge in [-0.1, -0.05) is 61.4 Å². The van der Waals surface area contributed by atoms with Crippen LogP contribution in [0.1, 0.15) is 74.5 Å². The zero-order chi connectivity index (χ0) is 27.4. The van der Waals surface area contributed by atoms with Gasteiger partial charge < -0.3 is 9.64 Å². The molecule has 4 rings (SSSR count). The summed E-state index contributed by atoms with van der Waals surface area (Å²) in [4.78, 5) is 28.4. The average molecular weight is 527 g/mol. The highest BCUT2D eigenvalue weighted by molar-refractivity contribution is 5.89. The van der Waals surface area contributed by atoms with Crippen LogP contribution in [0.25, 0.3) is 0 Å². The second-order valence-electron chi connectivity index (χ2n) is 10.4. The molecule has 0 bridgehead atoms. The summed E-state index contributed by atoms with van der Waals surface area (Å²) in [5.41, 5.74) is -1.72. The number of piperidine rings is 1. The Morgan fingerprint density at radius 3 is 2.18 bits per heavy atom. The number of likely N-dealkylation sites (tertiary alicyclic amines) is 1. The highest BCUT2D eigenvalue weighted by atomic mass is 19.4. The molecule has 38 heavy (non-hydrogen) atoms. The SMILES string of the molecule is CCOC(=O)CC1(C(C#N)c2ccccc2C(F)(F)F)CCN(C(=O)C2(c3ccccc3)CCCC2)CC1. The number of hydrogen-bond donors (Lipinski definition) is 0. The minimum Gasteiger partial charge on any atom is -0.466 e. The van der Waals surface area contributed by atoms with Gasteiger partial charge in [0, 0.05) is 18.5 Å². The second kappa shape index (κ2) is 11.2. The number of alkyl halides is 3. The Morgan fingerprint density at radius 1 is 1.00 bits per heavy atom. The summed E-state index contributed by atoms with van der Waals surface area (Å²) in [5, 5.41) is 10.2. The van der Waals surface area contributed by atoms with Gasteiger partial charge >= 0.3 is 12.1 Å². The van der Waals surface area contributed by atoms with E-state index in [1.165, 1.54) is 18.2 Å². The van der Waals surface area contributed by atoms with Crippen molar-refractivity contribution in [3.8, 4) is 6.07 Å². The molecule has 0 N–H and O–H groups in total. The van der Waals surface area contributed by atoms with Gasteiger partial charge in [0.15, 0.2) is 0 Å². The lowest BCUT2D eigenvalue weighted by Gasteiger charge is -2.46. The molecule has 1 saturated heterocycles. The van der Waals surface area contributed by atoms with Crippen LogP contribution < -0.4 is 0 Å². The lowest BCUT2D eigenvalue weighted by molar-refractivity contribution is -0.148. The number of nitrogens with zero attached hydrogens (tertiary/aromatic N) is 2. The van der Waals surface area contributed by atoms with Gasteiger partial charge in [0.1, 0.15) is 0 Å². The largest absolute Gasteiger partial charge is 0.466 e. The van der Waals surface area contributed by atoms with E-state index < -0.39 is 34.5 Å². The molecule has 1 heterocycles. The first-order valence-corrected chi connectivity index (χ1v) is 13.2. The van der Waals surface area contributed by atoms with Gasteiger partial charge in [0.25, 0.3) is 0 Å². The standard InChI is InChI=1S/C30H33F3N2O3/c1-2-38-26(36)20-28(25(21-34)23-12-6-7-13-24(23)30(31,32)33)16-18-35(19-17-28)27(37)29(14-8-9-15-29)22-10-4-3-5-11-22/h3-7,10-13,25H,2,8-9,14-20H2,1H3. The molecule has 1 saturated carbocycles. The fourth-order valence-electron chi connectivity index (χ4n) is 6.43. The van der Waals surface area contributed by atoms with Crippen molar-refractivity contribution in [1.82, 2.24) is 4.90 Å². The summed E-state index contributed by atoms with van der Waals surface area (Å²) in [6.07, 6.45) is -0.965. The predicted octanol–water partition coefficient (Wildman–Crippen LogP) is 6.39. The fraction of sp³-hybridized carbons (Fsp3) is 0.500. The number of halogens is 3. The monoisotopic (exact) mass is 526 g/mol. The first-order valence-electron chi connectivity index (χ1n) is 13.2. The molecule has 1 aliphatic carbocycles. The third kappa shape index (κ3) is 5.29. The molecule has 202 valence electrons. The summed E-state index contributed by atoms with van der Waals surface area (Å²) >= 11 is 0. The summed E-state index contributed by atoms with van der Waals surface area (Å²) in [6.45, 7) is 2.32. The maximum atomic E-state index is 14.0. The second-order valence-corrected chi connectivity index (χ2v) is 10.4. The molecule has 1 amide bonds. The van der Waals surface area contributed by atoms with Crippen LogP contribution in [-0.2, 0) is 25.9 Å². The van der Waals surface area contributed by atoms with Gasteiger partial charge in [-0.2, -0.15) is 18.4 Å². The summed E-state index contributed by atoms with van der Waals surface area (Å²) in [7, 11) is 0. The predicted molar refractivity (Wildman–Crippen MR) is 136 cm³/mol. The van der Waals surface area contributed by atoms with Crippen molar-refractivity contribution >= 4 is 11.9 Å². The van der Waals surface area contributed by atoms with E-state index in [-0.39, 0.29) is 50.4 Å². The van der Waals surface area contributed by atoms with Gasteiger partial charge in [0.2, 0.25) is 5.91 Å². The van der Waals surface area contributed by atoms with Gasteiger partial charge in [-0.05, 0) is 49.8 Å². The number of benzene rings is 2. The zero-order valence-electron chi connectivity index (χ0n) is 21.6. The number of amides is 1. The van der Waals surface area contributed by atoms with E-state index in [0.717, 1.165) is 37.3 Å². The molecule has 2 aromatic carbocycles. The third-order valence-corrected chi connectivity index (χ3v) is 8.36. The number of esters is 1. The lowest BCUT2D eigenvalue weighted by atomic mass is 9.63. The van der Waals surface area contributed by atoms with Gasteiger partial charge in [-0.25, -0.2) is 0 Å². The van der Waals surface area contributed by atoms with Gasteiger partial charge in [-0.15, -0.1) is 0 Å². The van der Waals surface area contributed by atoms with Crippen LogP contribution in [-0.4, -0.2) is 36.5 Å². The highest BCUT2D eigenvalue weighted by Gasteiger charge is 2.51.